The second-order valence-electron chi connectivity index (χ2n) is 3.85. The van der Waals surface area contributed by atoms with Crippen LogP contribution in [-0.2, 0) is 4.79 Å². The van der Waals surface area contributed by atoms with Gasteiger partial charge in [0, 0.05) is 5.69 Å². The zero-order valence-electron chi connectivity index (χ0n) is 10.6. The molecule has 0 saturated carbocycles. The first-order valence-corrected chi connectivity index (χ1v) is 5.53. The number of aliphatic hydroxyl groups is 1. The maximum Gasteiger partial charge on any atom is 0.328 e. The number of benzene rings is 1. The van der Waals surface area contributed by atoms with E-state index in [0.29, 0.717) is 11.4 Å². The van der Waals surface area contributed by atoms with Crippen molar-refractivity contribution in [2.24, 2.45) is 0 Å². The standard InChI is InChI=1S/C12H16N2O5/c1-7-5-8(19-2)3-4-9(7)13-12(18)14-10(6-15)11(16)17/h3-5,10,15H,6H2,1-2H3,(H,16,17)(H2,13,14,18)/t10-/m1/s1. The summed E-state index contributed by atoms with van der Waals surface area (Å²) in [4.78, 5) is 22.2. The minimum absolute atomic E-state index is 0.528. The molecule has 0 aliphatic heterocycles. The molecule has 1 aromatic rings. The van der Waals surface area contributed by atoms with Gasteiger partial charge in [-0.25, -0.2) is 9.59 Å². The molecule has 19 heavy (non-hydrogen) atoms. The van der Waals surface area contributed by atoms with Gasteiger partial charge in [0.15, 0.2) is 6.04 Å². The van der Waals surface area contributed by atoms with Crippen LogP contribution in [0.1, 0.15) is 5.56 Å². The molecule has 0 spiro atoms. The lowest BCUT2D eigenvalue weighted by Gasteiger charge is -2.14. The van der Waals surface area contributed by atoms with Crippen LogP contribution >= 0.6 is 0 Å². The Morgan fingerprint density at radius 3 is 2.58 bits per heavy atom. The smallest absolute Gasteiger partial charge is 0.328 e. The fraction of sp³-hybridized carbons (Fsp3) is 0.333. The highest BCUT2D eigenvalue weighted by atomic mass is 16.5. The molecule has 1 aromatic carbocycles. The molecule has 2 amide bonds. The number of amides is 2. The molecule has 0 fully saturated rings. The SMILES string of the molecule is COc1ccc(NC(=O)N[C@H](CO)C(=O)O)c(C)c1. The van der Waals surface area contributed by atoms with Gasteiger partial charge in [-0.2, -0.15) is 0 Å². The first kappa shape index (κ1) is 14.8. The van der Waals surface area contributed by atoms with Gasteiger partial charge < -0.3 is 25.6 Å². The molecule has 0 aromatic heterocycles. The van der Waals surface area contributed by atoms with E-state index in [9.17, 15) is 9.59 Å². The summed E-state index contributed by atoms with van der Waals surface area (Å²) in [7, 11) is 1.54. The van der Waals surface area contributed by atoms with Gasteiger partial charge in [-0.1, -0.05) is 0 Å². The molecule has 4 N–H and O–H groups in total. The van der Waals surface area contributed by atoms with Crippen LogP contribution < -0.4 is 15.4 Å². The van der Waals surface area contributed by atoms with E-state index in [-0.39, 0.29) is 0 Å². The van der Waals surface area contributed by atoms with E-state index < -0.39 is 24.6 Å². The maximum absolute atomic E-state index is 11.6. The molecule has 1 rings (SSSR count). The first-order chi connectivity index (χ1) is 8.97. The van der Waals surface area contributed by atoms with Crippen LogP contribution in [0.5, 0.6) is 5.75 Å². The van der Waals surface area contributed by atoms with Crippen molar-refractivity contribution in [3.8, 4) is 5.75 Å². The summed E-state index contributed by atoms with van der Waals surface area (Å²) in [6, 6.07) is 3.01. The van der Waals surface area contributed by atoms with Gasteiger partial charge in [-0.3, -0.25) is 0 Å². The predicted molar refractivity (Wildman–Crippen MR) is 68.4 cm³/mol. The number of hydrogen-bond donors (Lipinski definition) is 4. The van der Waals surface area contributed by atoms with Crippen molar-refractivity contribution >= 4 is 17.7 Å². The average molecular weight is 268 g/mol. The van der Waals surface area contributed by atoms with Gasteiger partial charge >= 0.3 is 12.0 Å². The van der Waals surface area contributed by atoms with E-state index in [2.05, 4.69) is 10.6 Å². The Kier molecular flexibility index (Phi) is 5.13. The van der Waals surface area contributed by atoms with E-state index in [0.717, 1.165) is 5.56 Å². The van der Waals surface area contributed by atoms with Crippen LogP contribution in [0, 0.1) is 6.92 Å². The quantitative estimate of drug-likeness (QED) is 0.624. The van der Waals surface area contributed by atoms with Crippen LogP contribution in [0.2, 0.25) is 0 Å². The Balaban J connectivity index is 2.69. The molecular formula is C12H16N2O5. The molecule has 0 radical (unpaired) electrons. The highest BCUT2D eigenvalue weighted by Gasteiger charge is 2.18. The molecule has 0 aliphatic rings. The van der Waals surface area contributed by atoms with Gasteiger partial charge in [-0.15, -0.1) is 0 Å². The number of anilines is 1. The first-order valence-electron chi connectivity index (χ1n) is 5.53. The van der Waals surface area contributed by atoms with Crippen molar-refractivity contribution in [3.05, 3.63) is 23.8 Å². The second kappa shape index (κ2) is 6.60. The molecule has 0 bridgehead atoms. The molecule has 0 heterocycles. The van der Waals surface area contributed by atoms with Crippen molar-refractivity contribution in [3.63, 3.8) is 0 Å². The second-order valence-corrected chi connectivity index (χ2v) is 3.85. The molecular weight excluding hydrogens is 252 g/mol. The molecule has 0 saturated heterocycles. The summed E-state index contributed by atoms with van der Waals surface area (Å²) >= 11 is 0. The Labute approximate surface area is 110 Å². The van der Waals surface area contributed by atoms with E-state index in [1.165, 1.54) is 7.11 Å². The summed E-state index contributed by atoms with van der Waals surface area (Å²) < 4.78 is 5.03. The van der Waals surface area contributed by atoms with Crippen LogP contribution in [0.3, 0.4) is 0 Å². The zero-order valence-corrected chi connectivity index (χ0v) is 10.6. The van der Waals surface area contributed by atoms with E-state index in [1.54, 1.807) is 25.1 Å². The Bertz CT molecular complexity index is 475. The maximum atomic E-state index is 11.6. The Hall–Kier alpha value is -2.28. The van der Waals surface area contributed by atoms with Gasteiger partial charge in [-0.05, 0) is 30.7 Å². The number of hydrogen-bond acceptors (Lipinski definition) is 4. The molecule has 1 atom stereocenters. The minimum Gasteiger partial charge on any atom is -0.497 e. The highest BCUT2D eigenvalue weighted by molar-refractivity contribution is 5.92. The summed E-state index contributed by atoms with van der Waals surface area (Å²) in [5.74, 6) is -0.647. The summed E-state index contributed by atoms with van der Waals surface area (Å²) in [5.41, 5.74) is 1.30. The predicted octanol–water partition coefficient (Wildman–Crippen LogP) is 0.571. The number of carbonyl (C=O) groups is 2. The third-order valence-corrected chi connectivity index (χ3v) is 2.47. The van der Waals surface area contributed by atoms with E-state index in [1.807, 2.05) is 0 Å². The number of carboxylic acid groups (broad SMARTS) is 1. The number of rotatable bonds is 5. The number of aliphatic carboxylic acids is 1. The third kappa shape index (κ3) is 4.14. The van der Waals surface area contributed by atoms with Crippen LogP contribution in [0.25, 0.3) is 0 Å². The van der Waals surface area contributed by atoms with Crippen molar-refractivity contribution in [2.45, 2.75) is 13.0 Å². The lowest BCUT2D eigenvalue weighted by Crippen LogP contribution is -2.45. The summed E-state index contributed by atoms with van der Waals surface area (Å²) in [6.07, 6.45) is 0. The molecule has 104 valence electrons. The van der Waals surface area contributed by atoms with E-state index in [4.69, 9.17) is 14.9 Å². The fourth-order valence-electron chi connectivity index (χ4n) is 1.41. The third-order valence-electron chi connectivity index (χ3n) is 2.47. The fourth-order valence-corrected chi connectivity index (χ4v) is 1.41. The number of methoxy groups -OCH3 is 1. The van der Waals surface area contributed by atoms with Gasteiger partial charge in [0.25, 0.3) is 0 Å². The van der Waals surface area contributed by atoms with Crippen molar-refractivity contribution in [1.29, 1.82) is 0 Å². The summed E-state index contributed by atoms with van der Waals surface area (Å²) in [6.45, 7) is 1.10. The number of carbonyl (C=O) groups excluding carboxylic acids is 1. The van der Waals surface area contributed by atoms with Gasteiger partial charge in [0.05, 0.1) is 13.7 Å². The normalized spacial score (nSPS) is 11.5. The molecule has 0 aliphatic carbocycles. The van der Waals surface area contributed by atoms with E-state index >= 15 is 0 Å². The van der Waals surface area contributed by atoms with Crippen molar-refractivity contribution in [2.75, 3.05) is 19.0 Å². The monoisotopic (exact) mass is 268 g/mol. The van der Waals surface area contributed by atoms with Crippen LogP contribution in [0.4, 0.5) is 10.5 Å². The van der Waals surface area contributed by atoms with Crippen LogP contribution in [-0.4, -0.2) is 42.0 Å². The van der Waals surface area contributed by atoms with Gasteiger partial charge in [0.2, 0.25) is 0 Å². The number of carboxylic acids is 1. The number of urea groups is 1. The van der Waals surface area contributed by atoms with Gasteiger partial charge in [0.1, 0.15) is 5.75 Å². The number of aliphatic hydroxyl groups excluding tert-OH is 1. The topological polar surface area (TPSA) is 108 Å². The number of ether oxygens (including phenoxy) is 1. The molecule has 7 heteroatoms. The number of aryl methyl sites for hydroxylation is 1. The minimum atomic E-state index is -1.33. The number of nitrogens with one attached hydrogen (secondary N) is 2. The average Bonchev–Trinajstić information content (AvgIpc) is 2.37. The van der Waals surface area contributed by atoms with Crippen molar-refractivity contribution < 1.29 is 24.5 Å². The highest BCUT2D eigenvalue weighted by Crippen LogP contribution is 2.20. The lowest BCUT2D eigenvalue weighted by atomic mass is 10.2. The largest absolute Gasteiger partial charge is 0.497 e. The summed E-state index contributed by atoms with van der Waals surface area (Å²) in [5, 5.41) is 22.1. The zero-order chi connectivity index (χ0) is 14.4. The molecule has 0 unspecified atom stereocenters. The van der Waals surface area contributed by atoms with Crippen LogP contribution in [0.15, 0.2) is 18.2 Å². The van der Waals surface area contributed by atoms with Crippen molar-refractivity contribution in [1.82, 2.24) is 5.32 Å². The lowest BCUT2D eigenvalue weighted by molar-refractivity contribution is -0.140. The Morgan fingerprint density at radius 2 is 2.11 bits per heavy atom. The Morgan fingerprint density at radius 1 is 1.42 bits per heavy atom. The molecule has 7 nitrogen and oxygen atoms in total.